The van der Waals surface area contributed by atoms with Gasteiger partial charge in [-0.2, -0.15) is 4.98 Å². The summed E-state index contributed by atoms with van der Waals surface area (Å²) in [6.07, 6.45) is 3.57. The Labute approximate surface area is 161 Å². The minimum atomic E-state index is -0.562. The number of aliphatic imine (C=N–C) groups is 1. The average Bonchev–Trinajstić information content (AvgIpc) is 2.65. The van der Waals surface area contributed by atoms with Gasteiger partial charge in [-0.25, -0.2) is 4.98 Å². The third-order valence-corrected chi connectivity index (χ3v) is 4.56. The van der Waals surface area contributed by atoms with Crippen LogP contribution in [0.5, 0.6) is 17.2 Å². The molecular weight excluding hydrogens is 370 g/mol. The fraction of sp³-hybridized carbons (Fsp3) is 0.278. The summed E-state index contributed by atoms with van der Waals surface area (Å²) < 4.78 is 16.1. The zero-order valence-electron chi connectivity index (χ0n) is 15.2. The molecule has 2 aromatic rings. The number of nitrogens with zero attached hydrogens (tertiary/aromatic N) is 3. The van der Waals surface area contributed by atoms with Gasteiger partial charge >= 0.3 is 0 Å². The predicted molar refractivity (Wildman–Crippen MR) is 106 cm³/mol. The number of nitrogens with two attached hydrogens (primary N) is 2. The molecule has 1 aromatic heterocycles. The molecule has 0 saturated carbocycles. The summed E-state index contributed by atoms with van der Waals surface area (Å²) in [5.74, 6) is 2.01. The average molecular weight is 390 g/mol. The van der Waals surface area contributed by atoms with Crippen LogP contribution in [-0.2, 0) is 6.54 Å². The van der Waals surface area contributed by atoms with E-state index < -0.39 is 5.38 Å². The van der Waals surface area contributed by atoms with Crippen LogP contribution < -0.4 is 25.7 Å². The second-order valence-corrected chi connectivity index (χ2v) is 6.17. The fourth-order valence-electron chi connectivity index (χ4n) is 2.85. The van der Waals surface area contributed by atoms with E-state index in [2.05, 4.69) is 15.0 Å². The first-order valence-electron chi connectivity index (χ1n) is 8.06. The molecule has 0 aliphatic heterocycles. The van der Waals surface area contributed by atoms with E-state index in [1.807, 2.05) is 12.1 Å². The van der Waals surface area contributed by atoms with Crippen molar-refractivity contribution in [1.29, 1.82) is 0 Å². The number of hydrogen-bond donors (Lipinski definition) is 2. The van der Waals surface area contributed by atoms with Crippen molar-refractivity contribution in [3.8, 4) is 17.2 Å². The number of hydrogen-bond acceptors (Lipinski definition) is 8. The molecule has 9 heteroatoms. The lowest BCUT2D eigenvalue weighted by Gasteiger charge is -2.19. The van der Waals surface area contributed by atoms with Crippen molar-refractivity contribution in [1.82, 2.24) is 9.97 Å². The summed E-state index contributed by atoms with van der Waals surface area (Å²) in [6.45, 7) is 0.366. The van der Waals surface area contributed by atoms with Gasteiger partial charge in [-0.3, -0.25) is 4.99 Å². The van der Waals surface area contributed by atoms with E-state index in [0.29, 0.717) is 40.8 Å². The van der Waals surface area contributed by atoms with Crippen molar-refractivity contribution in [2.24, 2.45) is 4.99 Å². The van der Waals surface area contributed by atoms with Gasteiger partial charge in [-0.05, 0) is 29.8 Å². The van der Waals surface area contributed by atoms with E-state index in [1.165, 1.54) is 0 Å². The highest BCUT2D eigenvalue weighted by molar-refractivity contribution is 6.35. The summed E-state index contributed by atoms with van der Waals surface area (Å²) in [5.41, 5.74) is 14.3. The Balaban J connectivity index is 1.91. The van der Waals surface area contributed by atoms with E-state index >= 15 is 0 Å². The maximum Gasteiger partial charge on any atom is 0.222 e. The molecule has 1 aliphatic rings. The van der Waals surface area contributed by atoms with Gasteiger partial charge in [0.1, 0.15) is 11.2 Å². The minimum Gasteiger partial charge on any atom is -0.493 e. The van der Waals surface area contributed by atoms with Gasteiger partial charge < -0.3 is 25.7 Å². The van der Waals surface area contributed by atoms with Crippen molar-refractivity contribution in [3.63, 3.8) is 0 Å². The first-order valence-corrected chi connectivity index (χ1v) is 8.50. The largest absolute Gasteiger partial charge is 0.493 e. The van der Waals surface area contributed by atoms with Crippen LogP contribution in [0.1, 0.15) is 22.2 Å². The molecule has 3 rings (SSSR count). The van der Waals surface area contributed by atoms with Crippen LogP contribution in [0.3, 0.4) is 0 Å². The Bertz CT molecular complexity index is 904. The normalized spacial score (nSPS) is 16.9. The standard InChI is InChI=1S/C18H20ClN5O3/c1-25-12-6-9(7-13(26-2)16(12)27-3)8-22-11-5-4-10-14(15(11)19)17(20)24-18(21)23-10/h4-7,15H,8H2,1-3H3,(H4,20,21,23,24). The van der Waals surface area contributed by atoms with Gasteiger partial charge in [0.2, 0.25) is 11.7 Å². The monoisotopic (exact) mass is 389 g/mol. The number of rotatable bonds is 5. The van der Waals surface area contributed by atoms with Gasteiger partial charge in [-0.1, -0.05) is 0 Å². The highest BCUT2D eigenvalue weighted by atomic mass is 35.5. The van der Waals surface area contributed by atoms with Gasteiger partial charge in [0.05, 0.1) is 39.3 Å². The number of aromatic nitrogens is 2. The Kier molecular flexibility index (Phi) is 5.36. The lowest BCUT2D eigenvalue weighted by molar-refractivity contribution is 0.324. The third kappa shape index (κ3) is 3.61. The van der Waals surface area contributed by atoms with Crippen molar-refractivity contribution < 1.29 is 14.2 Å². The lowest BCUT2D eigenvalue weighted by Crippen LogP contribution is -2.16. The Hall–Kier alpha value is -3.00. The summed E-state index contributed by atoms with van der Waals surface area (Å²) in [5, 5.41) is -0.562. The Morgan fingerprint density at radius 2 is 1.70 bits per heavy atom. The molecule has 0 radical (unpaired) electrons. The first-order chi connectivity index (χ1) is 13.0. The second-order valence-electron chi connectivity index (χ2n) is 5.74. The zero-order valence-corrected chi connectivity index (χ0v) is 15.9. The van der Waals surface area contributed by atoms with Crippen molar-refractivity contribution in [2.45, 2.75) is 11.9 Å². The summed E-state index contributed by atoms with van der Waals surface area (Å²) in [4.78, 5) is 12.7. The van der Waals surface area contributed by atoms with E-state index in [0.717, 1.165) is 5.56 Å². The number of methoxy groups -OCH3 is 3. The Morgan fingerprint density at radius 3 is 2.30 bits per heavy atom. The van der Waals surface area contributed by atoms with Crippen LogP contribution in [0, 0.1) is 0 Å². The topological polar surface area (TPSA) is 118 Å². The molecule has 0 bridgehead atoms. The maximum atomic E-state index is 6.55. The number of alkyl halides is 1. The molecule has 1 aromatic carbocycles. The number of benzene rings is 1. The van der Waals surface area contributed by atoms with Crippen molar-refractivity contribution >= 4 is 35.2 Å². The number of ether oxygens (including phenoxy) is 3. The first kappa shape index (κ1) is 18.8. The molecule has 1 unspecified atom stereocenters. The highest BCUT2D eigenvalue weighted by Gasteiger charge is 2.25. The van der Waals surface area contributed by atoms with E-state index in [1.54, 1.807) is 33.5 Å². The van der Waals surface area contributed by atoms with Gasteiger partial charge in [0.25, 0.3) is 0 Å². The number of fused-ring (bicyclic) bond motifs is 1. The summed E-state index contributed by atoms with van der Waals surface area (Å²) >= 11 is 6.55. The van der Waals surface area contributed by atoms with Crippen LogP contribution in [0.4, 0.5) is 11.8 Å². The van der Waals surface area contributed by atoms with Gasteiger partial charge in [0, 0.05) is 5.56 Å². The van der Waals surface area contributed by atoms with Gasteiger partial charge in [0.15, 0.2) is 11.5 Å². The minimum absolute atomic E-state index is 0.109. The molecule has 142 valence electrons. The molecule has 8 nitrogen and oxygen atoms in total. The van der Waals surface area contributed by atoms with Crippen LogP contribution in [-0.4, -0.2) is 37.0 Å². The summed E-state index contributed by atoms with van der Waals surface area (Å²) in [7, 11) is 4.69. The van der Waals surface area contributed by atoms with Crippen molar-refractivity contribution in [3.05, 3.63) is 35.0 Å². The van der Waals surface area contributed by atoms with Crippen LogP contribution in [0.25, 0.3) is 6.08 Å². The predicted octanol–water partition coefficient (Wildman–Crippen LogP) is 2.61. The van der Waals surface area contributed by atoms with E-state index in [-0.39, 0.29) is 11.8 Å². The fourth-order valence-corrected chi connectivity index (χ4v) is 3.21. The zero-order chi connectivity index (χ0) is 19.6. The third-order valence-electron chi connectivity index (χ3n) is 4.12. The van der Waals surface area contributed by atoms with Gasteiger partial charge in [-0.15, -0.1) is 11.6 Å². The molecule has 1 aliphatic carbocycles. The van der Waals surface area contributed by atoms with Crippen molar-refractivity contribution in [2.75, 3.05) is 32.8 Å². The molecule has 4 N–H and O–H groups in total. The second kappa shape index (κ2) is 7.71. The van der Waals surface area contributed by atoms with Crippen LogP contribution in [0.2, 0.25) is 0 Å². The molecule has 1 heterocycles. The maximum absolute atomic E-state index is 6.55. The smallest absolute Gasteiger partial charge is 0.222 e. The molecule has 0 amide bonds. The molecular formula is C18H20ClN5O3. The molecule has 0 saturated heterocycles. The van der Waals surface area contributed by atoms with E-state index in [9.17, 15) is 0 Å². The number of halogens is 1. The number of nitrogen functional groups attached to an aromatic ring is 2. The summed E-state index contributed by atoms with van der Waals surface area (Å²) in [6, 6.07) is 3.68. The number of anilines is 2. The highest BCUT2D eigenvalue weighted by Crippen LogP contribution is 2.39. The number of allylic oxidation sites excluding steroid dienone is 1. The Morgan fingerprint density at radius 1 is 1.04 bits per heavy atom. The quantitative estimate of drug-likeness (QED) is 0.754. The SMILES string of the molecule is COc1cc(CN=C2C=Cc3nc(N)nc(N)c3C2Cl)cc(OC)c1OC. The molecule has 0 spiro atoms. The molecule has 1 atom stereocenters. The van der Waals surface area contributed by atoms with Crippen LogP contribution >= 0.6 is 11.6 Å². The van der Waals surface area contributed by atoms with Crippen LogP contribution in [0.15, 0.2) is 23.2 Å². The molecule has 0 fully saturated rings. The lowest BCUT2D eigenvalue weighted by atomic mass is 10.00. The van der Waals surface area contributed by atoms with E-state index in [4.69, 9.17) is 37.3 Å². The molecule has 27 heavy (non-hydrogen) atoms.